The molecular weight excluding hydrogens is 518 g/mol. The molecule has 0 bridgehead atoms. The topological polar surface area (TPSA) is 90.3 Å². The maximum atomic E-state index is 13.4. The second kappa shape index (κ2) is 10.8. The fourth-order valence-corrected chi connectivity index (χ4v) is 4.97. The van der Waals surface area contributed by atoms with Crippen LogP contribution in [0.1, 0.15) is 47.4 Å². The van der Waals surface area contributed by atoms with Gasteiger partial charge >= 0.3 is 0 Å². The van der Waals surface area contributed by atoms with Crippen molar-refractivity contribution in [2.45, 2.75) is 50.5 Å². The Morgan fingerprint density at radius 1 is 1.21 bits per heavy atom. The number of carbonyl (C=O) groups is 2. The molecule has 0 unspecified atom stereocenters. The van der Waals surface area contributed by atoms with E-state index in [9.17, 15) is 14.4 Å². The van der Waals surface area contributed by atoms with Gasteiger partial charge in [0.2, 0.25) is 0 Å². The number of halogens is 1. The molecule has 1 aromatic heterocycles. The number of carbonyl (C=O) groups excluding carboxylic acids is 2. The van der Waals surface area contributed by atoms with Crippen molar-refractivity contribution in [3.8, 4) is 0 Å². The van der Waals surface area contributed by atoms with Crippen LogP contribution in [0.3, 0.4) is 0 Å². The van der Waals surface area contributed by atoms with Crippen LogP contribution >= 0.6 is 27.7 Å². The lowest BCUT2D eigenvalue weighted by Gasteiger charge is -2.17. The Morgan fingerprint density at radius 3 is 2.62 bits per heavy atom. The Bertz CT molecular complexity index is 1270. The number of nitrogens with one attached hydrogen (secondary N) is 1. The van der Waals surface area contributed by atoms with Crippen LogP contribution in [0.15, 0.2) is 56.9 Å². The van der Waals surface area contributed by atoms with Crippen LogP contribution in [0.5, 0.6) is 0 Å². The summed E-state index contributed by atoms with van der Waals surface area (Å²) in [6.07, 6.45) is 1.77. The summed E-state index contributed by atoms with van der Waals surface area (Å²) >= 11 is 4.60. The van der Waals surface area contributed by atoms with E-state index >= 15 is 0 Å². The Morgan fingerprint density at radius 2 is 1.94 bits per heavy atom. The fourth-order valence-electron chi connectivity index (χ4n) is 3.80. The number of amides is 1. The maximum absolute atomic E-state index is 13.4. The van der Waals surface area contributed by atoms with E-state index < -0.39 is 0 Å². The third kappa shape index (κ3) is 5.76. The van der Waals surface area contributed by atoms with E-state index in [1.54, 1.807) is 34.9 Å². The van der Waals surface area contributed by atoms with Crippen LogP contribution in [0.4, 0.5) is 0 Å². The molecule has 1 aliphatic heterocycles. The first-order valence-electron chi connectivity index (χ1n) is 11.2. The predicted molar refractivity (Wildman–Crippen MR) is 137 cm³/mol. The molecule has 9 heteroatoms. The van der Waals surface area contributed by atoms with Crippen LogP contribution in [-0.4, -0.2) is 45.7 Å². The average Bonchev–Trinajstić information content (AvgIpc) is 3.32. The van der Waals surface area contributed by atoms with Crippen molar-refractivity contribution in [2.24, 2.45) is 0 Å². The summed E-state index contributed by atoms with van der Waals surface area (Å²) in [5.74, 6) is -0.138. The second-order valence-electron chi connectivity index (χ2n) is 8.52. The van der Waals surface area contributed by atoms with Crippen molar-refractivity contribution < 1.29 is 14.3 Å². The Balaban J connectivity index is 1.68. The highest BCUT2D eigenvalue weighted by atomic mass is 79.9. The van der Waals surface area contributed by atoms with Gasteiger partial charge in [-0.15, -0.1) is 0 Å². The number of rotatable bonds is 8. The molecule has 1 aliphatic rings. The number of aromatic nitrogens is 2. The molecule has 1 saturated heterocycles. The molecule has 0 spiro atoms. The summed E-state index contributed by atoms with van der Waals surface area (Å²) in [6.45, 7) is 4.84. The lowest BCUT2D eigenvalue weighted by molar-refractivity contribution is 0.0936. The van der Waals surface area contributed by atoms with Gasteiger partial charge in [0.1, 0.15) is 0 Å². The van der Waals surface area contributed by atoms with Crippen LogP contribution < -0.4 is 10.9 Å². The molecule has 3 aromatic rings. The van der Waals surface area contributed by atoms with E-state index in [0.29, 0.717) is 40.3 Å². The number of fused-ring (bicyclic) bond motifs is 1. The third-order valence-electron chi connectivity index (χ3n) is 5.51. The minimum absolute atomic E-state index is 0.00805. The molecule has 0 radical (unpaired) electrons. The van der Waals surface area contributed by atoms with Gasteiger partial charge in [-0.25, -0.2) is 4.98 Å². The standard InChI is InChI=1S/C25H26BrN3O4S/c1-15(2)27-23(31)17-7-10-20-21(12-17)28-25(29(24(20)32)13-19-4-3-11-33-19)34-14-22(30)16-5-8-18(26)9-6-16/h5-10,12,15,19H,3-4,11,13-14H2,1-2H3,(H,27,31)/t19-/m1/s1. The zero-order chi connectivity index (χ0) is 24.2. The number of ketones is 1. The van der Waals surface area contributed by atoms with Gasteiger partial charge in [-0.05, 0) is 57.0 Å². The molecule has 1 atom stereocenters. The number of hydrogen-bond acceptors (Lipinski definition) is 6. The minimum Gasteiger partial charge on any atom is -0.376 e. The summed E-state index contributed by atoms with van der Waals surface area (Å²) in [5, 5.41) is 3.73. The number of hydrogen-bond donors (Lipinski definition) is 1. The van der Waals surface area contributed by atoms with Crippen molar-refractivity contribution in [1.29, 1.82) is 0 Å². The second-order valence-corrected chi connectivity index (χ2v) is 10.4. The zero-order valence-electron chi connectivity index (χ0n) is 19.0. The van der Waals surface area contributed by atoms with Crippen LogP contribution in [0.2, 0.25) is 0 Å². The van der Waals surface area contributed by atoms with Crippen molar-refractivity contribution in [2.75, 3.05) is 12.4 Å². The highest BCUT2D eigenvalue weighted by molar-refractivity contribution is 9.10. The van der Waals surface area contributed by atoms with Gasteiger partial charge in [0.15, 0.2) is 10.9 Å². The van der Waals surface area contributed by atoms with E-state index in [1.165, 1.54) is 11.8 Å². The quantitative estimate of drug-likeness (QED) is 0.256. The van der Waals surface area contributed by atoms with Gasteiger partial charge < -0.3 is 10.1 Å². The van der Waals surface area contributed by atoms with E-state index in [-0.39, 0.29) is 35.1 Å². The van der Waals surface area contributed by atoms with E-state index in [4.69, 9.17) is 9.72 Å². The normalized spacial score (nSPS) is 15.7. The summed E-state index contributed by atoms with van der Waals surface area (Å²) in [6, 6.07) is 12.1. The number of ether oxygens (including phenoxy) is 1. The summed E-state index contributed by atoms with van der Waals surface area (Å²) in [5.41, 5.74) is 1.27. The number of thioether (sulfide) groups is 1. The van der Waals surface area contributed by atoms with Gasteiger partial charge in [0, 0.05) is 28.2 Å². The number of benzene rings is 2. The molecule has 2 aromatic carbocycles. The maximum Gasteiger partial charge on any atom is 0.262 e. The van der Waals surface area contributed by atoms with Crippen molar-refractivity contribution in [3.63, 3.8) is 0 Å². The monoisotopic (exact) mass is 543 g/mol. The molecule has 178 valence electrons. The summed E-state index contributed by atoms with van der Waals surface area (Å²) in [7, 11) is 0. The SMILES string of the molecule is CC(C)NC(=O)c1ccc2c(=O)n(C[C@H]3CCCO3)c(SCC(=O)c3ccc(Br)cc3)nc2c1. The van der Waals surface area contributed by atoms with Gasteiger partial charge in [0.05, 0.1) is 29.3 Å². The Labute approximate surface area is 210 Å². The largest absolute Gasteiger partial charge is 0.376 e. The molecule has 7 nitrogen and oxygen atoms in total. The smallest absolute Gasteiger partial charge is 0.262 e. The van der Waals surface area contributed by atoms with Crippen LogP contribution in [0.25, 0.3) is 10.9 Å². The Kier molecular flexibility index (Phi) is 7.85. The molecule has 1 fully saturated rings. The van der Waals surface area contributed by atoms with Crippen LogP contribution in [0, 0.1) is 0 Å². The molecule has 0 saturated carbocycles. The van der Waals surface area contributed by atoms with Crippen LogP contribution in [-0.2, 0) is 11.3 Å². The number of nitrogens with zero attached hydrogens (tertiary/aromatic N) is 2. The lowest BCUT2D eigenvalue weighted by atomic mass is 10.1. The fraction of sp³-hybridized carbons (Fsp3) is 0.360. The lowest BCUT2D eigenvalue weighted by Crippen LogP contribution is -2.31. The molecule has 0 aliphatic carbocycles. The minimum atomic E-state index is -0.221. The van der Waals surface area contributed by atoms with E-state index in [1.807, 2.05) is 26.0 Å². The average molecular weight is 544 g/mol. The zero-order valence-corrected chi connectivity index (χ0v) is 21.4. The van der Waals surface area contributed by atoms with Gasteiger partial charge in [-0.3, -0.25) is 19.0 Å². The third-order valence-corrected chi connectivity index (χ3v) is 7.02. The highest BCUT2D eigenvalue weighted by Gasteiger charge is 2.21. The summed E-state index contributed by atoms with van der Waals surface area (Å²) in [4.78, 5) is 43.3. The molecule has 2 heterocycles. The van der Waals surface area contributed by atoms with Gasteiger partial charge in [-0.1, -0.05) is 39.8 Å². The molecule has 34 heavy (non-hydrogen) atoms. The molecular formula is C25H26BrN3O4S. The van der Waals surface area contributed by atoms with Gasteiger partial charge in [0.25, 0.3) is 11.5 Å². The highest BCUT2D eigenvalue weighted by Crippen LogP contribution is 2.23. The van der Waals surface area contributed by atoms with Crippen molar-refractivity contribution in [3.05, 3.63) is 68.4 Å². The molecule has 1 amide bonds. The molecule has 4 rings (SSSR count). The van der Waals surface area contributed by atoms with E-state index in [2.05, 4.69) is 21.2 Å². The first-order chi connectivity index (χ1) is 16.3. The summed E-state index contributed by atoms with van der Waals surface area (Å²) < 4.78 is 8.25. The van der Waals surface area contributed by atoms with Gasteiger partial charge in [-0.2, -0.15) is 0 Å². The van der Waals surface area contributed by atoms with Crippen molar-refractivity contribution in [1.82, 2.24) is 14.9 Å². The number of Topliss-reactive ketones (excluding diaryl/α,β-unsaturated/α-hetero) is 1. The van der Waals surface area contributed by atoms with E-state index in [0.717, 1.165) is 17.3 Å². The Hall–Kier alpha value is -2.49. The molecule has 1 N–H and O–H groups in total. The first kappa shape index (κ1) is 24.6. The first-order valence-corrected chi connectivity index (χ1v) is 13.0. The predicted octanol–water partition coefficient (Wildman–Crippen LogP) is 4.45. The van der Waals surface area contributed by atoms with Crippen molar-refractivity contribution >= 4 is 50.3 Å².